The lowest BCUT2D eigenvalue weighted by atomic mass is 10.0. The number of carboxylic acid groups (broad SMARTS) is 1. The Balaban J connectivity index is 0.000000265. The first-order valence-corrected chi connectivity index (χ1v) is 40.4. The molecule has 0 spiro atoms. The number of H-pyrrole nitrogens is 2. The third kappa shape index (κ3) is 28.4. The summed E-state index contributed by atoms with van der Waals surface area (Å²) < 4.78 is 195. The van der Waals surface area contributed by atoms with E-state index in [0.717, 1.165) is 62.4 Å². The van der Waals surface area contributed by atoms with Gasteiger partial charge in [-0.05, 0) is 180 Å². The molecule has 554 valence electrons. The van der Waals surface area contributed by atoms with Crippen LogP contribution in [0.15, 0.2) is 143 Å². The summed E-state index contributed by atoms with van der Waals surface area (Å²) in [6, 6.07) is 23.3. The van der Waals surface area contributed by atoms with Crippen LogP contribution in [0.2, 0.25) is 0 Å². The van der Waals surface area contributed by atoms with Gasteiger partial charge in [0.1, 0.15) is 46.5 Å². The number of fused-ring (bicyclic) bond motifs is 2. The molecule has 9 aromatic rings. The predicted molar refractivity (Wildman–Crippen MR) is 390 cm³/mol. The van der Waals surface area contributed by atoms with Crippen molar-refractivity contribution in [2.75, 3.05) is 52.4 Å². The average Bonchev–Trinajstić information content (AvgIpc) is 1.60. The van der Waals surface area contributed by atoms with Crippen molar-refractivity contribution in [2.45, 2.75) is 86.4 Å². The molecule has 25 nitrogen and oxygen atoms in total. The van der Waals surface area contributed by atoms with Gasteiger partial charge >= 0.3 is 5.97 Å². The highest BCUT2D eigenvalue weighted by molar-refractivity contribution is 9.10. The zero-order valence-corrected chi connectivity index (χ0v) is 62.6. The first-order valence-electron chi connectivity index (χ1n) is 30.5. The molecule has 0 aliphatic heterocycles. The summed E-state index contributed by atoms with van der Waals surface area (Å²) in [4.78, 5) is 46.5. The molecule has 102 heavy (non-hydrogen) atoms. The normalized spacial score (nSPS) is 11.6. The maximum absolute atomic E-state index is 14.3. The molecule has 4 heterocycles. The second kappa shape index (κ2) is 39.8. The van der Waals surface area contributed by atoms with Crippen LogP contribution in [0.5, 0.6) is 0 Å². The van der Waals surface area contributed by atoms with Crippen molar-refractivity contribution in [3.8, 4) is 0 Å². The monoisotopic (exact) mass is 1650 g/mol. The number of aliphatic hydroxyl groups excluding tert-OH is 2. The number of ketones is 1. The van der Waals surface area contributed by atoms with E-state index in [-0.39, 0.29) is 79.5 Å². The Kier molecular flexibility index (Phi) is 33.6. The van der Waals surface area contributed by atoms with E-state index in [1.807, 2.05) is 18.3 Å². The van der Waals surface area contributed by atoms with Gasteiger partial charge in [0.15, 0.2) is 12.1 Å². The van der Waals surface area contributed by atoms with Gasteiger partial charge in [-0.3, -0.25) is 33.2 Å². The zero-order valence-electron chi connectivity index (χ0n) is 55.4. The number of pyridine rings is 2. The van der Waals surface area contributed by atoms with Crippen LogP contribution in [0.4, 0.5) is 50.4 Å². The van der Waals surface area contributed by atoms with E-state index in [2.05, 4.69) is 75.4 Å². The average molecular weight is 1650 g/mol. The van der Waals surface area contributed by atoms with Gasteiger partial charge in [0.2, 0.25) is 50.1 Å². The number of aromatic carboxylic acids is 1. The van der Waals surface area contributed by atoms with Crippen molar-refractivity contribution in [1.29, 1.82) is 0 Å². The summed E-state index contributed by atoms with van der Waals surface area (Å²) in [6.07, 6.45) is 8.24. The lowest BCUT2D eigenvalue weighted by Crippen LogP contribution is -2.16. The molecule has 4 aromatic heterocycles. The third-order valence-electron chi connectivity index (χ3n) is 13.1. The molecule has 0 radical (unpaired) electrons. The highest BCUT2D eigenvalue weighted by Crippen LogP contribution is 2.33. The molecule has 0 fully saturated rings. The van der Waals surface area contributed by atoms with Crippen molar-refractivity contribution in [1.82, 2.24) is 19.9 Å². The number of halogens is 7. The van der Waals surface area contributed by atoms with E-state index in [4.69, 9.17) is 10.2 Å². The van der Waals surface area contributed by atoms with Crippen LogP contribution >= 0.6 is 31.9 Å². The SMILES string of the molecule is Brc1cnc2[nH]ccc2c1.CCCS(=O)(=O)Nc1ccc(F)c(C(=O)O)c1.CCCS(=O)(=O)Nc1ccc(F)c(C(C)=O)c1.CCCS(=O)(=O)Nc1ccc(F)c(C(O)c2c[nH]c3ncc(Br)cc23)c1.CCCS(=O)(=O)Nc1ccc(F)c(C=O)c1.CCCS(=O)(=O)Nc1ccc(F)c(CO)c1. The predicted octanol–water partition coefficient (Wildman–Crippen LogP) is 13.1. The number of hydrogen-bond acceptors (Lipinski definition) is 17. The molecular weight excluding hydrogens is 1580 g/mol. The minimum atomic E-state index is -3.51. The number of aromatic nitrogens is 4. The fourth-order valence-corrected chi connectivity index (χ4v) is 15.0. The minimum Gasteiger partial charge on any atom is -0.478 e. The number of nitrogens with zero attached hydrogens (tertiary/aromatic N) is 2. The number of nitrogens with one attached hydrogen (secondary N) is 7. The first kappa shape index (κ1) is 86.0. The first-order chi connectivity index (χ1) is 47.8. The van der Waals surface area contributed by atoms with E-state index in [1.165, 1.54) is 55.5 Å². The summed E-state index contributed by atoms with van der Waals surface area (Å²) in [5, 5.41) is 30.0. The maximum Gasteiger partial charge on any atom is 0.338 e. The van der Waals surface area contributed by atoms with Crippen LogP contribution in [0.25, 0.3) is 22.1 Å². The Bertz CT molecular complexity index is 4870. The highest BCUT2D eigenvalue weighted by atomic mass is 79.9. The summed E-state index contributed by atoms with van der Waals surface area (Å²) >= 11 is 6.66. The summed E-state index contributed by atoms with van der Waals surface area (Å²) in [6.45, 7) is 9.45. The number of carbonyl (C=O) groups is 3. The number of aromatic amines is 2. The summed E-state index contributed by atoms with van der Waals surface area (Å²) in [5.74, 6) is -5.44. The number of aliphatic hydroxyl groups is 2. The van der Waals surface area contributed by atoms with Gasteiger partial charge in [0.25, 0.3) is 0 Å². The zero-order chi connectivity index (χ0) is 76.3. The topological polar surface area (TPSA) is 400 Å². The Morgan fingerprint density at radius 3 is 1.33 bits per heavy atom. The molecule has 10 N–H and O–H groups in total. The van der Waals surface area contributed by atoms with Crippen molar-refractivity contribution < 1.29 is 93.7 Å². The Hall–Kier alpha value is -8.43. The summed E-state index contributed by atoms with van der Waals surface area (Å²) in [5.41, 5.74) is 2.01. The molecule has 0 saturated carbocycles. The number of sulfonamides is 5. The van der Waals surface area contributed by atoms with Gasteiger partial charge in [0.05, 0.1) is 52.1 Å². The molecule has 0 bridgehead atoms. The standard InChI is InChI=1S/C17H17BrFN3O3S.C11H14FNO3S.C10H12FNO4S.C10H14FNO3S.C10H12FNO3S.C7H5BrN2/c1-2-5-26(24,25)22-11-3-4-15(19)13(7-11)16(23)14-9-21-17-12(14)6-10(18)8-20-17;1-3-6-17(15,16)13-9-4-5-11(12)10(7-9)8(2)14;1-2-5-17(15,16)12-7-3-4-9(11)8(6-7)10(13)14;2*1-2-5-16(14,15)12-9-3-4-10(11)8(6-9)7-13;8-6-3-5-1-2-9-7(5)10-4-6/h3-4,6-9,16,22-23H,2,5H2,1H3,(H,20,21);4-5,7,13H,3,6H2,1-2H3;3-4,6,12H,2,5H2,1H3,(H,13,14);3-4,6,12-13H,2,5,7H2,1H3;3-4,6-7,12H,2,5H2,1H3;1-4H,(H,9,10). The Labute approximate surface area is 604 Å². The Morgan fingerprint density at radius 2 is 0.892 bits per heavy atom. The molecule has 1 atom stereocenters. The molecule has 0 aliphatic carbocycles. The number of aldehydes is 1. The largest absolute Gasteiger partial charge is 0.478 e. The fourth-order valence-electron chi connectivity index (χ4n) is 8.69. The van der Waals surface area contributed by atoms with Gasteiger partial charge in [-0.2, -0.15) is 0 Å². The maximum atomic E-state index is 14.3. The van der Waals surface area contributed by atoms with Gasteiger partial charge in [0, 0.05) is 89.6 Å². The number of hydrogen-bond donors (Lipinski definition) is 10. The van der Waals surface area contributed by atoms with E-state index >= 15 is 0 Å². The third-order valence-corrected chi connectivity index (χ3v) is 21.4. The number of carbonyl (C=O) groups excluding carboxylic acids is 2. The minimum absolute atomic E-state index is 0.0127. The number of rotatable bonds is 26. The van der Waals surface area contributed by atoms with Crippen LogP contribution < -0.4 is 23.6 Å². The van der Waals surface area contributed by atoms with Gasteiger partial charge in [-0.25, -0.2) is 78.8 Å². The second-order valence-electron chi connectivity index (χ2n) is 21.7. The fraction of sp³-hybridized carbons (Fsp3) is 0.277. The second-order valence-corrected chi connectivity index (χ2v) is 32.7. The molecular formula is C65H74Br2F5N9O16S5. The van der Waals surface area contributed by atoms with E-state index in [9.17, 15) is 83.5 Å². The molecule has 37 heteroatoms. The Morgan fingerprint density at radius 1 is 0.500 bits per heavy atom. The number of benzene rings is 5. The van der Waals surface area contributed by atoms with Gasteiger partial charge in [-0.1, -0.05) is 34.6 Å². The van der Waals surface area contributed by atoms with E-state index in [1.54, 1.807) is 59.3 Å². The lowest BCUT2D eigenvalue weighted by molar-refractivity contribution is 0.0691. The molecule has 0 aliphatic rings. The molecule has 5 aromatic carbocycles. The molecule has 9 rings (SSSR count). The van der Waals surface area contributed by atoms with E-state index in [0.29, 0.717) is 55.0 Å². The molecule has 0 amide bonds. The van der Waals surface area contributed by atoms with Crippen molar-refractivity contribution in [3.05, 3.63) is 205 Å². The van der Waals surface area contributed by atoms with Crippen LogP contribution in [0.1, 0.15) is 128 Å². The quantitative estimate of drug-likeness (QED) is 0.0137. The van der Waals surface area contributed by atoms with Crippen LogP contribution in [0, 0.1) is 29.1 Å². The smallest absolute Gasteiger partial charge is 0.338 e. The highest BCUT2D eigenvalue weighted by Gasteiger charge is 2.22. The van der Waals surface area contributed by atoms with Gasteiger partial charge in [-0.15, -0.1) is 0 Å². The number of Topliss-reactive ketones (excluding diaryl/α,β-unsaturated/α-hetero) is 1. The number of anilines is 5. The van der Waals surface area contributed by atoms with Crippen molar-refractivity contribution in [2.24, 2.45) is 0 Å². The van der Waals surface area contributed by atoms with Crippen LogP contribution in [-0.4, -0.2) is 124 Å². The summed E-state index contributed by atoms with van der Waals surface area (Å²) in [7, 11) is -17.2. The molecule has 0 saturated heterocycles. The van der Waals surface area contributed by atoms with Crippen LogP contribution in [0.3, 0.4) is 0 Å². The van der Waals surface area contributed by atoms with Crippen molar-refractivity contribution >= 4 is 151 Å². The van der Waals surface area contributed by atoms with Crippen molar-refractivity contribution in [3.63, 3.8) is 0 Å². The lowest BCUT2D eigenvalue weighted by Gasteiger charge is -2.14. The van der Waals surface area contributed by atoms with E-state index < -0.39 is 109 Å². The molecule has 1 unspecified atom stereocenters. The van der Waals surface area contributed by atoms with Crippen LogP contribution in [-0.2, 0) is 56.7 Å². The van der Waals surface area contributed by atoms with Gasteiger partial charge < -0.3 is 25.3 Å². The number of carboxylic acids is 1.